The molecule has 0 fully saturated rings. The van der Waals surface area contributed by atoms with Crippen molar-refractivity contribution in [3.05, 3.63) is 0 Å². The number of carboxylic acid groups (broad SMARTS) is 1. The number of carbonyl (C=O) groups is 1. The van der Waals surface area contributed by atoms with Crippen LogP contribution >= 0.6 is 0 Å². The topological polar surface area (TPSA) is 46.5 Å². The summed E-state index contributed by atoms with van der Waals surface area (Å²) in [5, 5.41) is 8.51. The molecule has 0 amide bonds. The lowest BCUT2D eigenvalue weighted by Gasteiger charge is -2.30. The maximum Gasteiger partial charge on any atom is 0.416 e. The molecule has 0 aromatic heterocycles. The standard InChI is InChI=1S/C8H13F3O3/c1-4-5(6(12)13)14-7(2,3)8(9,10)11/h5H,4H2,1-3H3,(H,12,13). The maximum absolute atomic E-state index is 12.3. The summed E-state index contributed by atoms with van der Waals surface area (Å²) in [4.78, 5) is 10.4. The summed E-state index contributed by atoms with van der Waals surface area (Å²) in [7, 11) is 0. The van der Waals surface area contributed by atoms with Crippen LogP contribution in [0.15, 0.2) is 0 Å². The molecule has 0 aliphatic rings. The summed E-state index contributed by atoms with van der Waals surface area (Å²) in [5.41, 5.74) is -2.44. The average Bonchev–Trinajstić information content (AvgIpc) is 1.97. The molecule has 0 aromatic carbocycles. The first kappa shape index (κ1) is 13.2. The van der Waals surface area contributed by atoms with Crippen LogP contribution in [0.2, 0.25) is 0 Å². The number of alkyl halides is 3. The van der Waals surface area contributed by atoms with Crippen LogP contribution in [0.1, 0.15) is 27.2 Å². The predicted molar refractivity (Wildman–Crippen MR) is 42.9 cm³/mol. The molecule has 0 aliphatic heterocycles. The highest BCUT2D eigenvalue weighted by Crippen LogP contribution is 2.34. The Morgan fingerprint density at radius 2 is 1.86 bits per heavy atom. The van der Waals surface area contributed by atoms with Gasteiger partial charge in [0.25, 0.3) is 0 Å². The number of rotatable bonds is 4. The molecule has 0 bridgehead atoms. The van der Waals surface area contributed by atoms with Crippen LogP contribution in [0, 0.1) is 0 Å². The first-order valence-corrected chi connectivity index (χ1v) is 4.09. The van der Waals surface area contributed by atoms with Gasteiger partial charge >= 0.3 is 12.1 Å². The molecule has 0 rings (SSSR count). The number of hydrogen-bond acceptors (Lipinski definition) is 2. The highest BCUT2D eigenvalue weighted by atomic mass is 19.4. The molecular formula is C8H13F3O3. The monoisotopic (exact) mass is 214 g/mol. The van der Waals surface area contributed by atoms with E-state index >= 15 is 0 Å². The van der Waals surface area contributed by atoms with E-state index in [1.807, 2.05) is 0 Å². The molecule has 1 unspecified atom stereocenters. The SMILES string of the molecule is CCC(OC(C)(C)C(F)(F)F)C(=O)O. The second-order valence-corrected chi connectivity index (χ2v) is 3.36. The van der Waals surface area contributed by atoms with Gasteiger partial charge in [0, 0.05) is 0 Å². The molecule has 84 valence electrons. The van der Waals surface area contributed by atoms with E-state index in [0.29, 0.717) is 0 Å². The summed E-state index contributed by atoms with van der Waals surface area (Å²) >= 11 is 0. The van der Waals surface area contributed by atoms with Crippen LogP contribution in [0.25, 0.3) is 0 Å². The first-order valence-electron chi connectivity index (χ1n) is 4.09. The molecule has 0 heterocycles. The largest absolute Gasteiger partial charge is 0.479 e. The summed E-state index contributed by atoms with van der Waals surface area (Å²) < 4.78 is 41.3. The van der Waals surface area contributed by atoms with Crippen molar-refractivity contribution in [2.45, 2.75) is 45.1 Å². The van der Waals surface area contributed by atoms with Crippen molar-refractivity contribution in [1.29, 1.82) is 0 Å². The lowest BCUT2D eigenvalue weighted by Crippen LogP contribution is -2.46. The number of halogens is 3. The van der Waals surface area contributed by atoms with E-state index in [1.54, 1.807) is 0 Å². The van der Waals surface area contributed by atoms with E-state index in [2.05, 4.69) is 4.74 Å². The van der Waals surface area contributed by atoms with Crippen molar-refractivity contribution < 1.29 is 27.8 Å². The number of ether oxygens (including phenoxy) is 1. The van der Waals surface area contributed by atoms with E-state index < -0.39 is 23.9 Å². The number of aliphatic carboxylic acids is 1. The van der Waals surface area contributed by atoms with Gasteiger partial charge in [0.1, 0.15) is 0 Å². The molecule has 1 N–H and O–H groups in total. The molecule has 3 nitrogen and oxygen atoms in total. The zero-order valence-electron chi connectivity index (χ0n) is 8.18. The molecule has 0 radical (unpaired) electrons. The van der Waals surface area contributed by atoms with Gasteiger partial charge in [-0.2, -0.15) is 13.2 Å². The Morgan fingerprint density at radius 3 is 2.07 bits per heavy atom. The molecule has 0 saturated heterocycles. The Kier molecular flexibility index (Phi) is 3.93. The minimum atomic E-state index is -4.57. The van der Waals surface area contributed by atoms with Crippen LogP contribution in [0.5, 0.6) is 0 Å². The van der Waals surface area contributed by atoms with Crippen molar-refractivity contribution in [2.75, 3.05) is 0 Å². The van der Waals surface area contributed by atoms with Gasteiger partial charge in [0.15, 0.2) is 11.7 Å². The molecule has 0 spiro atoms. The zero-order chi connectivity index (χ0) is 11.6. The van der Waals surface area contributed by atoms with Gasteiger partial charge in [0.05, 0.1) is 0 Å². The summed E-state index contributed by atoms with van der Waals surface area (Å²) in [6.07, 6.45) is -6.00. The molecular weight excluding hydrogens is 201 g/mol. The number of carboxylic acids is 1. The molecule has 0 aliphatic carbocycles. The second kappa shape index (κ2) is 4.16. The first-order chi connectivity index (χ1) is 6.12. The second-order valence-electron chi connectivity index (χ2n) is 3.36. The van der Waals surface area contributed by atoms with Gasteiger partial charge in [-0.1, -0.05) is 6.92 Å². The van der Waals surface area contributed by atoms with E-state index in [1.165, 1.54) is 6.92 Å². The van der Waals surface area contributed by atoms with E-state index in [0.717, 1.165) is 13.8 Å². The highest BCUT2D eigenvalue weighted by molar-refractivity contribution is 5.72. The van der Waals surface area contributed by atoms with Gasteiger partial charge in [-0.05, 0) is 20.3 Å². The third-order valence-electron chi connectivity index (χ3n) is 1.77. The average molecular weight is 214 g/mol. The fraction of sp³-hybridized carbons (Fsp3) is 0.875. The normalized spacial score (nSPS) is 15.3. The Bertz CT molecular complexity index is 210. The number of hydrogen-bond donors (Lipinski definition) is 1. The van der Waals surface area contributed by atoms with E-state index in [9.17, 15) is 18.0 Å². The summed E-state index contributed by atoms with van der Waals surface area (Å²) in [5.74, 6) is -1.38. The summed E-state index contributed by atoms with van der Waals surface area (Å²) in [6, 6.07) is 0. The van der Waals surface area contributed by atoms with E-state index in [4.69, 9.17) is 5.11 Å². The van der Waals surface area contributed by atoms with Crippen LogP contribution in [-0.2, 0) is 9.53 Å². The Morgan fingerprint density at radius 1 is 1.43 bits per heavy atom. The molecule has 14 heavy (non-hydrogen) atoms. The van der Waals surface area contributed by atoms with Crippen LogP contribution < -0.4 is 0 Å². The fourth-order valence-electron chi connectivity index (χ4n) is 0.731. The summed E-state index contributed by atoms with van der Waals surface area (Å²) in [6.45, 7) is 3.06. The predicted octanol–water partition coefficient (Wildman–Crippen LogP) is 2.21. The van der Waals surface area contributed by atoms with Gasteiger partial charge < -0.3 is 9.84 Å². The third-order valence-corrected chi connectivity index (χ3v) is 1.77. The van der Waals surface area contributed by atoms with Gasteiger partial charge in [-0.25, -0.2) is 4.79 Å². The van der Waals surface area contributed by atoms with Gasteiger partial charge in [0.2, 0.25) is 0 Å². The van der Waals surface area contributed by atoms with Crippen LogP contribution in [0.3, 0.4) is 0 Å². The van der Waals surface area contributed by atoms with Crippen LogP contribution in [-0.4, -0.2) is 29.0 Å². The Hall–Kier alpha value is -0.780. The van der Waals surface area contributed by atoms with Gasteiger partial charge in [-0.3, -0.25) is 0 Å². The molecule has 0 saturated carbocycles. The Labute approximate surface area is 79.9 Å². The van der Waals surface area contributed by atoms with Crippen molar-refractivity contribution in [3.8, 4) is 0 Å². The molecule has 1 atom stereocenters. The third kappa shape index (κ3) is 3.17. The van der Waals surface area contributed by atoms with Crippen LogP contribution in [0.4, 0.5) is 13.2 Å². The highest BCUT2D eigenvalue weighted by Gasteiger charge is 2.50. The molecule has 0 aromatic rings. The minimum Gasteiger partial charge on any atom is -0.479 e. The molecule has 6 heteroatoms. The Balaban J connectivity index is 4.56. The van der Waals surface area contributed by atoms with Crippen molar-refractivity contribution >= 4 is 5.97 Å². The smallest absolute Gasteiger partial charge is 0.416 e. The van der Waals surface area contributed by atoms with Crippen molar-refractivity contribution in [1.82, 2.24) is 0 Å². The van der Waals surface area contributed by atoms with Crippen molar-refractivity contribution in [2.24, 2.45) is 0 Å². The minimum absolute atomic E-state index is 0.00512. The zero-order valence-corrected chi connectivity index (χ0v) is 8.18. The quantitative estimate of drug-likeness (QED) is 0.780. The van der Waals surface area contributed by atoms with Crippen molar-refractivity contribution in [3.63, 3.8) is 0 Å². The van der Waals surface area contributed by atoms with Gasteiger partial charge in [-0.15, -0.1) is 0 Å². The lowest BCUT2D eigenvalue weighted by atomic mass is 10.1. The lowest BCUT2D eigenvalue weighted by molar-refractivity contribution is -0.276. The fourth-order valence-corrected chi connectivity index (χ4v) is 0.731. The maximum atomic E-state index is 12.3. The van der Waals surface area contributed by atoms with E-state index in [-0.39, 0.29) is 6.42 Å².